The Bertz CT molecular complexity index is 816. The van der Waals surface area contributed by atoms with Crippen LogP contribution in [0.4, 0.5) is 0 Å². The quantitative estimate of drug-likeness (QED) is 0.0437. The summed E-state index contributed by atoms with van der Waals surface area (Å²) in [5.74, 6) is -0.0794. The summed E-state index contributed by atoms with van der Waals surface area (Å²) in [6.45, 7) is 4.17. The number of nitrogens with one attached hydrogen (secondary N) is 1. The first-order valence-corrected chi connectivity index (χ1v) is 22.4. The van der Waals surface area contributed by atoms with Gasteiger partial charge in [0.05, 0.1) is 18.8 Å². The molecule has 298 valence electrons. The highest BCUT2D eigenvalue weighted by Crippen LogP contribution is 2.15. The van der Waals surface area contributed by atoms with Crippen LogP contribution in [0.2, 0.25) is 0 Å². The van der Waals surface area contributed by atoms with Crippen molar-refractivity contribution in [2.45, 2.75) is 238 Å². The van der Waals surface area contributed by atoms with Crippen LogP contribution < -0.4 is 5.32 Å². The van der Waals surface area contributed by atoms with Crippen LogP contribution >= 0.6 is 0 Å². The van der Waals surface area contributed by atoms with Crippen LogP contribution in [-0.2, 0) is 4.79 Å². The molecule has 0 rings (SSSR count). The molecule has 0 aromatic rings. The largest absolute Gasteiger partial charge is 0.394 e. The van der Waals surface area contributed by atoms with E-state index in [2.05, 4.69) is 55.6 Å². The molecule has 0 saturated carbocycles. The van der Waals surface area contributed by atoms with E-state index in [9.17, 15) is 15.0 Å². The van der Waals surface area contributed by atoms with Gasteiger partial charge in [0.25, 0.3) is 0 Å². The predicted molar refractivity (Wildman–Crippen MR) is 225 cm³/mol. The molecule has 0 spiro atoms. The Labute approximate surface area is 318 Å². The highest BCUT2D eigenvalue weighted by Gasteiger charge is 2.17. The molecule has 51 heavy (non-hydrogen) atoms. The Morgan fingerprint density at radius 3 is 1.24 bits per heavy atom. The smallest absolute Gasteiger partial charge is 0.220 e. The van der Waals surface area contributed by atoms with Gasteiger partial charge >= 0.3 is 0 Å². The summed E-state index contributed by atoms with van der Waals surface area (Å²) >= 11 is 0. The first-order valence-electron chi connectivity index (χ1n) is 22.4. The fourth-order valence-electron chi connectivity index (χ4n) is 6.62. The number of allylic oxidation sites excluding steroid dienone is 7. The van der Waals surface area contributed by atoms with Crippen molar-refractivity contribution in [1.29, 1.82) is 0 Å². The fourth-order valence-corrected chi connectivity index (χ4v) is 6.62. The van der Waals surface area contributed by atoms with E-state index in [0.29, 0.717) is 6.42 Å². The summed E-state index contributed by atoms with van der Waals surface area (Å²) in [7, 11) is 0. The number of carbonyl (C=O) groups is 1. The summed E-state index contributed by atoms with van der Waals surface area (Å²) in [5.41, 5.74) is 0. The number of unbranched alkanes of at least 4 members (excludes halogenated alkanes) is 27. The SMILES string of the molecule is CC/C=C/CC/C=C/CC/C=C/C(O)C(CO)NC(=O)CCCCCCCCCCCCCCCCCCC/C=C\CCCCCCCCCC. The first-order chi connectivity index (χ1) is 25.2. The zero-order chi connectivity index (χ0) is 37.1. The summed E-state index contributed by atoms with van der Waals surface area (Å²) in [4.78, 5) is 12.3. The Kier molecular flexibility index (Phi) is 41.4. The van der Waals surface area contributed by atoms with E-state index in [1.54, 1.807) is 6.08 Å². The van der Waals surface area contributed by atoms with Gasteiger partial charge in [0, 0.05) is 6.42 Å². The number of hydrogen-bond acceptors (Lipinski definition) is 3. The molecule has 0 aliphatic rings. The molecular formula is C47H87NO3. The molecule has 0 saturated heterocycles. The average molecular weight is 714 g/mol. The van der Waals surface area contributed by atoms with Gasteiger partial charge in [-0.05, 0) is 64.2 Å². The minimum atomic E-state index is -0.867. The number of amides is 1. The molecule has 2 unspecified atom stereocenters. The third-order valence-electron chi connectivity index (χ3n) is 10.0. The molecule has 1 amide bonds. The van der Waals surface area contributed by atoms with Crippen LogP contribution in [0.1, 0.15) is 226 Å². The van der Waals surface area contributed by atoms with Gasteiger partial charge in [-0.15, -0.1) is 0 Å². The van der Waals surface area contributed by atoms with Crippen LogP contribution in [0.15, 0.2) is 48.6 Å². The van der Waals surface area contributed by atoms with Crippen molar-refractivity contribution in [3.05, 3.63) is 48.6 Å². The summed E-state index contributed by atoms with van der Waals surface area (Å²) in [6, 6.07) is -0.642. The van der Waals surface area contributed by atoms with Crippen molar-refractivity contribution in [2.75, 3.05) is 6.61 Å². The van der Waals surface area contributed by atoms with Gasteiger partial charge < -0.3 is 15.5 Å². The van der Waals surface area contributed by atoms with Crippen molar-refractivity contribution < 1.29 is 15.0 Å². The van der Waals surface area contributed by atoms with Crippen molar-refractivity contribution in [2.24, 2.45) is 0 Å². The van der Waals surface area contributed by atoms with Crippen molar-refractivity contribution >= 4 is 5.91 Å². The van der Waals surface area contributed by atoms with E-state index in [4.69, 9.17) is 0 Å². The molecule has 0 aliphatic heterocycles. The number of aliphatic hydroxyl groups excluding tert-OH is 2. The molecule has 0 bridgehead atoms. The Morgan fingerprint density at radius 1 is 0.471 bits per heavy atom. The van der Waals surface area contributed by atoms with E-state index in [1.165, 1.54) is 161 Å². The normalized spacial score (nSPS) is 13.4. The molecule has 0 radical (unpaired) electrons. The van der Waals surface area contributed by atoms with E-state index >= 15 is 0 Å². The third kappa shape index (κ3) is 39.4. The Balaban J connectivity index is 3.46. The van der Waals surface area contributed by atoms with Crippen LogP contribution in [0.5, 0.6) is 0 Å². The topological polar surface area (TPSA) is 69.6 Å². The maximum atomic E-state index is 12.3. The van der Waals surface area contributed by atoms with Gasteiger partial charge in [-0.2, -0.15) is 0 Å². The van der Waals surface area contributed by atoms with Gasteiger partial charge in [0.2, 0.25) is 5.91 Å². The van der Waals surface area contributed by atoms with Crippen LogP contribution in [0.25, 0.3) is 0 Å². The van der Waals surface area contributed by atoms with E-state index in [-0.39, 0.29) is 12.5 Å². The molecule has 2 atom stereocenters. The molecule has 0 fully saturated rings. The van der Waals surface area contributed by atoms with Gasteiger partial charge in [0.1, 0.15) is 0 Å². The zero-order valence-corrected chi connectivity index (χ0v) is 34.1. The second-order valence-corrected chi connectivity index (χ2v) is 15.1. The van der Waals surface area contributed by atoms with E-state index < -0.39 is 12.1 Å². The Hall–Kier alpha value is -1.65. The standard InChI is InChI=1S/C47H87NO3/c1-3-5-7-9-11-13-15-16-17-18-19-20-21-22-23-24-25-26-27-28-29-30-31-32-33-35-37-39-41-43-47(51)48-45(44-49)46(50)42-40-38-36-34-14-12-10-8-6-4-2/h6,8,14,18-19,34,40,42,45-46,49-50H,3-5,7,9-13,15-17,20-33,35-39,41,43-44H2,1-2H3,(H,48,51)/b8-6+,19-18-,34-14+,42-40+. The third-order valence-corrected chi connectivity index (χ3v) is 10.0. The second kappa shape index (κ2) is 42.8. The van der Waals surface area contributed by atoms with Gasteiger partial charge in [-0.1, -0.05) is 204 Å². The fraction of sp³-hybridized carbons (Fsp3) is 0.809. The van der Waals surface area contributed by atoms with Crippen molar-refractivity contribution in [3.63, 3.8) is 0 Å². The summed E-state index contributed by atoms with van der Waals surface area (Å²) < 4.78 is 0. The molecule has 0 aromatic carbocycles. The lowest BCUT2D eigenvalue weighted by Gasteiger charge is -2.19. The van der Waals surface area contributed by atoms with Crippen LogP contribution in [0, 0.1) is 0 Å². The molecule has 0 aromatic heterocycles. The molecule has 0 aliphatic carbocycles. The molecule has 4 nitrogen and oxygen atoms in total. The number of hydrogen-bond donors (Lipinski definition) is 3. The van der Waals surface area contributed by atoms with E-state index in [0.717, 1.165) is 44.9 Å². The maximum absolute atomic E-state index is 12.3. The first kappa shape index (κ1) is 49.4. The summed E-state index contributed by atoms with van der Waals surface area (Å²) in [6.07, 6.45) is 58.2. The lowest BCUT2D eigenvalue weighted by Crippen LogP contribution is -2.45. The van der Waals surface area contributed by atoms with Gasteiger partial charge in [0.15, 0.2) is 0 Å². The highest BCUT2D eigenvalue weighted by molar-refractivity contribution is 5.76. The molecule has 0 heterocycles. The second-order valence-electron chi connectivity index (χ2n) is 15.1. The van der Waals surface area contributed by atoms with Crippen molar-refractivity contribution in [1.82, 2.24) is 5.32 Å². The summed E-state index contributed by atoms with van der Waals surface area (Å²) in [5, 5.41) is 22.8. The van der Waals surface area contributed by atoms with Crippen molar-refractivity contribution in [3.8, 4) is 0 Å². The highest BCUT2D eigenvalue weighted by atomic mass is 16.3. The van der Waals surface area contributed by atoms with Gasteiger partial charge in [-0.3, -0.25) is 4.79 Å². The maximum Gasteiger partial charge on any atom is 0.220 e. The predicted octanol–water partition coefficient (Wildman–Crippen LogP) is 14.0. The van der Waals surface area contributed by atoms with Gasteiger partial charge in [-0.25, -0.2) is 0 Å². The lowest BCUT2D eigenvalue weighted by molar-refractivity contribution is -0.123. The zero-order valence-electron chi connectivity index (χ0n) is 34.1. The molecule has 4 heteroatoms. The number of rotatable bonds is 40. The van der Waals surface area contributed by atoms with E-state index in [1.807, 2.05) is 6.08 Å². The lowest BCUT2D eigenvalue weighted by atomic mass is 10.0. The molecule has 3 N–H and O–H groups in total. The average Bonchev–Trinajstić information content (AvgIpc) is 3.13. The Morgan fingerprint density at radius 2 is 0.824 bits per heavy atom. The monoisotopic (exact) mass is 714 g/mol. The molecular weight excluding hydrogens is 627 g/mol. The van der Waals surface area contributed by atoms with Crippen LogP contribution in [0.3, 0.4) is 0 Å². The number of aliphatic hydroxyl groups is 2. The van der Waals surface area contributed by atoms with Crippen LogP contribution in [-0.4, -0.2) is 34.9 Å². The minimum absolute atomic E-state index is 0.0794. The minimum Gasteiger partial charge on any atom is -0.394 e. The number of carbonyl (C=O) groups excluding carboxylic acids is 1.